The lowest BCUT2D eigenvalue weighted by Gasteiger charge is -2.09. The number of nitrogens with zero attached hydrogens (tertiary/aromatic N) is 3. The second-order valence-electron chi connectivity index (χ2n) is 4.79. The van der Waals surface area contributed by atoms with Gasteiger partial charge in [0.05, 0.1) is 6.20 Å². The molecule has 0 spiro atoms. The molecule has 18 heavy (non-hydrogen) atoms. The standard InChI is InChI=1S/C12H18N6/c13-17-10-8-18-7-6-15-12(18)11(16-10)14-5-1-2-9-3-4-9/h6-9,17H,1-5,13H2,(H,14,16). The molecule has 1 aliphatic carbocycles. The Hall–Kier alpha value is -1.82. The van der Waals surface area contributed by atoms with Crippen LogP contribution in [0.1, 0.15) is 25.7 Å². The van der Waals surface area contributed by atoms with Crippen LogP contribution in [0.5, 0.6) is 0 Å². The average Bonchev–Trinajstić information content (AvgIpc) is 3.09. The third-order valence-electron chi connectivity index (χ3n) is 3.30. The van der Waals surface area contributed by atoms with Crippen LogP contribution in [0, 0.1) is 5.92 Å². The lowest BCUT2D eigenvalue weighted by Crippen LogP contribution is -2.12. The van der Waals surface area contributed by atoms with Gasteiger partial charge >= 0.3 is 0 Å². The van der Waals surface area contributed by atoms with E-state index in [1.54, 1.807) is 6.20 Å². The number of anilines is 2. The molecule has 0 amide bonds. The van der Waals surface area contributed by atoms with Crippen molar-refractivity contribution in [1.29, 1.82) is 0 Å². The summed E-state index contributed by atoms with van der Waals surface area (Å²) >= 11 is 0. The highest BCUT2D eigenvalue weighted by Gasteiger charge is 2.20. The molecule has 1 fully saturated rings. The number of aromatic nitrogens is 3. The molecule has 0 aliphatic heterocycles. The Morgan fingerprint density at radius 1 is 1.44 bits per heavy atom. The van der Waals surface area contributed by atoms with Crippen LogP contribution in [-0.2, 0) is 0 Å². The molecular formula is C12H18N6. The molecule has 2 aromatic heterocycles. The molecule has 4 N–H and O–H groups in total. The molecule has 3 rings (SSSR count). The normalized spacial score (nSPS) is 14.9. The summed E-state index contributed by atoms with van der Waals surface area (Å²) in [6, 6.07) is 0. The minimum absolute atomic E-state index is 0.630. The maximum atomic E-state index is 5.41. The van der Waals surface area contributed by atoms with Crippen molar-refractivity contribution in [2.75, 3.05) is 17.3 Å². The van der Waals surface area contributed by atoms with E-state index in [9.17, 15) is 0 Å². The Balaban J connectivity index is 1.70. The number of hydrogen-bond donors (Lipinski definition) is 3. The Labute approximate surface area is 106 Å². The van der Waals surface area contributed by atoms with Crippen LogP contribution in [0.3, 0.4) is 0 Å². The van der Waals surface area contributed by atoms with Gasteiger partial charge in [0.2, 0.25) is 0 Å². The fourth-order valence-corrected chi connectivity index (χ4v) is 2.12. The first-order valence-electron chi connectivity index (χ1n) is 6.41. The largest absolute Gasteiger partial charge is 0.367 e. The lowest BCUT2D eigenvalue weighted by molar-refractivity contribution is 0.686. The molecule has 6 nitrogen and oxygen atoms in total. The van der Waals surface area contributed by atoms with Crippen molar-refractivity contribution >= 4 is 17.3 Å². The third kappa shape index (κ3) is 2.38. The van der Waals surface area contributed by atoms with E-state index >= 15 is 0 Å². The van der Waals surface area contributed by atoms with Gasteiger partial charge in [0.15, 0.2) is 17.3 Å². The fraction of sp³-hybridized carbons (Fsp3) is 0.500. The number of rotatable bonds is 6. The number of nitrogen functional groups attached to an aromatic ring is 1. The summed E-state index contributed by atoms with van der Waals surface area (Å²) in [5, 5.41) is 3.34. The average molecular weight is 246 g/mol. The molecule has 0 saturated heterocycles. The van der Waals surface area contributed by atoms with Crippen LogP contribution in [0.4, 0.5) is 11.6 Å². The van der Waals surface area contributed by atoms with Crippen LogP contribution >= 0.6 is 0 Å². The van der Waals surface area contributed by atoms with Crippen molar-refractivity contribution in [2.45, 2.75) is 25.7 Å². The minimum atomic E-state index is 0.630. The van der Waals surface area contributed by atoms with Gasteiger partial charge < -0.3 is 15.1 Å². The van der Waals surface area contributed by atoms with Gasteiger partial charge in [-0.1, -0.05) is 12.8 Å². The van der Waals surface area contributed by atoms with Gasteiger partial charge in [-0.05, 0) is 18.8 Å². The highest BCUT2D eigenvalue weighted by atomic mass is 15.3. The Kier molecular flexibility index (Phi) is 3.02. The molecule has 0 radical (unpaired) electrons. The van der Waals surface area contributed by atoms with Crippen molar-refractivity contribution in [3.05, 3.63) is 18.6 Å². The molecule has 0 unspecified atom stereocenters. The smallest absolute Gasteiger partial charge is 0.180 e. The number of nitrogens with one attached hydrogen (secondary N) is 2. The van der Waals surface area contributed by atoms with E-state index in [1.807, 2.05) is 16.8 Å². The highest BCUT2D eigenvalue weighted by molar-refractivity contribution is 5.65. The van der Waals surface area contributed by atoms with E-state index in [0.717, 1.165) is 23.9 Å². The number of hydrogen-bond acceptors (Lipinski definition) is 5. The topological polar surface area (TPSA) is 80.3 Å². The zero-order chi connectivity index (χ0) is 12.4. The molecule has 0 atom stereocenters. The lowest BCUT2D eigenvalue weighted by atomic mass is 10.2. The third-order valence-corrected chi connectivity index (χ3v) is 3.30. The molecule has 1 saturated carbocycles. The Bertz CT molecular complexity index is 530. The predicted molar refractivity (Wildman–Crippen MR) is 71.2 cm³/mol. The van der Waals surface area contributed by atoms with E-state index in [1.165, 1.54) is 25.7 Å². The summed E-state index contributed by atoms with van der Waals surface area (Å²) in [6.07, 6.45) is 10.8. The van der Waals surface area contributed by atoms with E-state index in [4.69, 9.17) is 5.84 Å². The first kappa shape index (κ1) is 11.3. The summed E-state index contributed by atoms with van der Waals surface area (Å²) in [5.41, 5.74) is 3.40. The van der Waals surface area contributed by atoms with Crippen LogP contribution in [0.15, 0.2) is 18.6 Å². The molecule has 1 aliphatic rings. The second-order valence-corrected chi connectivity index (χ2v) is 4.79. The predicted octanol–water partition coefficient (Wildman–Crippen LogP) is 1.62. The number of imidazole rings is 1. The van der Waals surface area contributed by atoms with E-state index in [2.05, 4.69) is 20.7 Å². The number of fused-ring (bicyclic) bond motifs is 1. The van der Waals surface area contributed by atoms with Crippen molar-refractivity contribution in [2.24, 2.45) is 11.8 Å². The van der Waals surface area contributed by atoms with Crippen LogP contribution in [-0.4, -0.2) is 20.9 Å². The number of hydrazine groups is 1. The first-order valence-corrected chi connectivity index (χ1v) is 6.41. The van der Waals surface area contributed by atoms with Gasteiger partial charge in [-0.2, -0.15) is 0 Å². The monoisotopic (exact) mass is 246 g/mol. The van der Waals surface area contributed by atoms with Gasteiger partial charge in [-0.15, -0.1) is 0 Å². The van der Waals surface area contributed by atoms with Gasteiger partial charge in [-0.3, -0.25) is 0 Å². The summed E-state index contributed by atoms with van der Waals surface area (Å²) in [5.74, 6) is 7.80. The van der Waals surface area contributed by atoms with Crippen molar-refractivity contribution in [1.82, 2.24) is 14.4 Å². The SMILES string of the molecule is NNc1cn2ccnc2c(NCCCC2CC2)n1. The van der Waals surface area contributed by atoms with Gasteiger partial charge in [-0.25, -0.2) is 15.8 Å². The van der Waals surface area contributed by atoms with Crippen molar-refractivity contribution < 1.29 is 0 Å². The quantitative estimate of drug-likeness (QED) is 0.410. The van der Waals surface area contributed by atoms with Crippen LogP contribution in [0.2, 0.25) is 0 Å². The van der Waals surface area contributed by atoms with Crippen LogP contribution < -0.4 is 16.6 Å². The van der Waals surface area contributed by atoms with E-state index in [-0.39, 0.29) is 0 Å². The first-order chi connectivity index (χ1) is 8.86. The van der Waals surface area contributed by atoms with Crippen molar-refractivity contribution in [3.63, 3.8) is 0 Å². The zero-order valence-electron chi connectivity index (χ0n) is 10.3. The maximum Gasteiger partial charge on any atom is 0.180 e. The van der Waals surface area contributed by atoms with Gasteiger partial charge in [0.1, 0.15) is 0 Å². The minimum Gasteiger partial charge on any atom is -0.367 e. The maximum absolute atomic E-state index is 5.41. The van der Waals surface area contributed by atoms with E-state index in [0.29, 0.717) is 5.82 Å². The zero-order valence-corrected chi connectivity index (χ0v) is 10.3. The molecule has 6 heteroatoms. The second kappa shape index (κ2) is 4.81. The number of nitrogens with two attached hydrogens (primary N) is 1. The Morgan fingerprint density at radius 3 is 3.11 bits per heavy atom. The summed E-state index contributed by atoms with van der Waals surface area (Å²) in [6.45, 7) is 0.931. The molecule has 2 heterocycles. The molecule has 0 aromatic carbocycles. The summed E-state index contributed by atoms with van der Waals surface area (Å²) in [7, 11) is 0. The van der Waals surface area contributed by atoms with Gasteiger partial charge in [0, 0.05) is 18.9 Å². The molecule has 2 aromatic rings. The summed E-state index contributed by atoms with van der Waals surface area (Å²) in [4.78, 5) is 8.68. The molecular weight excluding hydrogens is 228 g/mol. The summed E-state index contributed by atoms with van der Waals surface area (Å²) < 4.78 is 1.91. The fourth-order valence-electron chi connectivity index (χ4n) is 2.12. The van der Waals surface area contributed by atoms with Crippen LogP contribution in [0.25, 0.3) is 5.65 Å². The highest BCUT2D eigenvalue weighted by Crippen LogP contribution is 2.33. The molecule has 0 bridgehead atoms. The Morgan fingerprint density at radius 2 is 2.33 bits per heavy atom. The van der Waals surface area contributed by atoms with Crippen molar-refractivity contribution in [3.8, 4) is 0 Å². The van der Waals surface area contributed by atoms with Gasteiger partial charge in [0.25, 0.3) is 0 Å². The molecule has 96 valence electrons. The van der Waals surface area contributed by atoms with E-state index < -0.39 is 0 Å².